The molecular formula is C15H15F4N3O3. The van der Waals surface area contributed by atoms with Gasteiger partial charge in [-0.25, -0.2) is 0 Å². The summed E-state index contributed by atoms with van der Waals surface area (Å²) >= 11 is 0. The minimum Gasteiger partial charge on any atom is -0.459 e. The maximum absolute atomic E-state index is 13.8. The van der Waals surface area contributed by atoms with Crippen molar-refractivity contribution < 1.29 is 32.2 Å². The van der Waals surface area contributed by atoms with Gasteiger partial charge in [0.05, 0.1) is 36.6 Å². The lowest BCUT2D eigenvalue weighted by Crippen LogP contribution is -2.64. The van der Waals surface area contributed by atoms with Crippen LogP contribution in [0.15, 0.2) is 23.1 Å². The molecule has 0 amide bonds. The van der Waals surface area contributed by atoms with Crippen LogP contribution in [0.2, 0.25) is 0 Å². The first-order chi connectivity index (χ1) is 11.6. The average Bonchev–Trinajstić information content (AvgIpc) is 2.82. The number of hydrogen-bond acceptors (Lipinski definition) is 6. The van der Waals surface area contributed by atoms with Crippen molar-refractivity contribution in [1.29, 1.82) is 5.26 Å². The van der Waals surface area contributed by atoms with Crippen LogP contribution in [0.25, 0.3) is 0 Å². The Balaban J connectivity index is 2.11. The van der Waals surface area contributed by atoms with Crippen molar-refractivity contribution in [3.8, 4) is 6.07 Å². The highest BCUT2D eigenvalue weighted by Gasteiger charge is 2.74. The van der Waals surface area contributed by atoms with Crippen LogP contribution >= 0.6 is 0 Å². The summed E-state index contributed by atoms with van der Waals surface area (Å²) in [7, 11) is 0. The normalized spacial score (nSPS) is 34.4. The number of aliphatic hydroxyl groups is 1. The maximum Gasteiger partial charge on any atom is 0.439 e. The second-order valence-electron chi connectivity index (χ2n) is 6.48. The molecule has 3 atom stereocenters. The fourth-order valence-corrected chi connectivity index (χ4v) is 3.47. The summed E-state index contributed by atoms with van der Waals surface area (Å²) in [5.74, 6) is -1.33. The van der Waals surface area contributed by atoms with E-state index in [-0.39, 0.29) is 13.0 Å². The van der Waals surface area contributed by atoms with Gasteiger partial charge in [-0.15, -0.1) is 0 Å². The van der Waals surface area contributed by atoms with Gasteiger partial charge in [0.2, 0.25) is 5.78 Å². The third-order valence-corrected chi connectivity index (χ3v) is 4.63. The Kier molecular flexibility index (Phi) is 3.85. The SMILES string of the molecule is CC1(CO)CN(C2=C3OC2(C(F)(F)F)C(C#N)=CC3=O)C(CCF)N1. The molecule has 3 aliphatic heterocycles. The first kappa shape index (κ1) is 17.7. The number of hydrogen-bond donors (Lipinski definition) is 2. The van der Waals surface area contributed by atoms with Crippen LogP contribution in [0.4, 0.5) is 17.6 Å². The summed E-state index contributed by atoms with van der Waals surface area (Å²) in [6, 6.07) is 1.39. The Labute approximate surface area is 140 Å². The van der Waals surface area contributed by atoms with Crippen molar-refractivity contribution in [3.63, 3.8) is 0 Å². The number of nitrogens with zero attached hydrogens (tertiary/aromatic N) is 2. The van der Waals surface area contributed by atoms with Crippen molar-refractivity contribution in [2.45, 2.75) is 36.8 Å². The molecule has 0 aromatic carbocycles. The average molecular weight is 361 g/mol. The minimum atomic E-state index is -4.98. The molecule has 0 aromatic rings. The lowest BCUT2D eigenvalue weighted by molar-refractivity contribution is -0.262. The van der Waals surface area contributed by atoms with Gasteiger partial charge in [0.1, 0.15) is 5.70 Å². The molecule has 136 valence electrons. The van der Waals surface area contributed by atoms with Crippen LogP contribution in [0.5, 0.6) is 0 Å². The number of carbonyl (C=O) groups is 1. The van der Waals surface area contributed by atoms with E-state index in [0.29, 0.717) is 6.08 Å². The predicted octanol–water partition coefficient (Wildman–Crippen LogP) is 0.904. The number of fused-ring (bicyclic) bond motifs is 2. The summed E-state index contributed by atoms with van der Waals surface area (Å²) in [5.41, 5.74) is -5.36. The van der Waals surface area contributed by atoms with E-state index in [4.69, 9.17) is 10.00 Å². The molecule has 3 rings (SSSR count). The summed E-state index contributed by atoms with van der Waals surface area (Å²) < 4.78 is 59.0. The van der Waals surface area contributed by atoms with Gasteiger partial charge in [-0.05, 0) is 6.92 Å². The highest BCUT2D eigenvalue weighted by Crippen LogP contribution is 2.57. The number of alkyl halides is 4. The third-order valence-electron chi connectivity index (χ3n) is 4.63. The second-order valence-corrected chi connectivity index (χ2v) is 6.48. The van der Waals surface area contributed by atoms with Gasteiger partial charge < -0.3 is 14.7 Å². The van der Waals surface area contributed by atoms with E-state index < -0.39 is 59.6 Å². The number of carbonyl (C=O) groups excluding carboxylic acids is 1. The van der Waals surface area contributed by atoms with Gasteiger partial charge in [-0.1, -0.05) is 0 Å². The highest BCUT2D eigenvalue weighted by atomic mass is 19.4. The van der Waals surface area contributed by atoms with Gasteiger partial charge >= 0.3 is 6.18 Å². The first-order valence-corrected chi connectivity index (χ1v) is 7.52. The number of rotatable bonds is 4. The quantitative estimate of drug-likeness (QED) is 0.724. The summed E-state index contributed by atoms with van der Waals surface area (Å²) in [6.07, 6.45) is -5.38. The molecule has 2 bridgehead atoms. The molecule has 6 nitrogen and oxygen atoms in total. The van der Waals surface area contributed by atoms with Crippen LogP contribution < -0.4 is 5.32 Å². The molecule has 1 fully saturated rings. The molecule has 0 aliphatic carbocycles. The molecule has 0 saturated carbocycles. The third kappa shape index (κ3) is 2.26. The molecule has 3 heterocycles. The molecule has 1 saturated heterocycles. The number of allylic oxidation sites excluding steroid dienone is 1. The Bertz CT molecular complexity index is 727. The number of nitrogens with one attached hydrogen (secondary N) is 1. The van der Waals surface area contributed by atoms with Gasteiger partial charge in [0.25, 0.3) is 5.60 Å². The largest absolute Gasteiger partial charge is 0.459 e. The fraction of sp³-hybridized carbons (Fsp3) is 0.600. The van der Waals surface area contributed by atoms with Crippen LogP contribution in [-0.2, 0) is 9.53 Å². The first-order valence-electron chi connectivity index (χ1n) is 7.52. The predicted molar refractivity (Wildman–Crippen MR) is 75.3 cm³/mol. The number of ether oxygens (including phenoxy) is 1. The van der Waals surface area contributed by atoms with Gasteiger partial charge in [0, 0.05) is 19.0 Å². The molecule has 0 radical (unpaired) electrons. The Morgan fingerprint density at radius 2 is 2.24 bits per heavy atom. The van der Waals surface area contributed by atoms with Crippen LogP contribution in [0.3, 0.4) is 0 Å². The van der Waals surface area contributed by atoms with Crippen molar-refractivity contribution in [2.75, 3.05) is 19.8 Å². The smallest absolute Gasteiger partial charge is 0.439 e. The van der Waals surface area contributed by atoms with Crippen LogP contribution in [0, 0.1) is 11.3 Å². The lowest BCUT2D eigenvalue weighted by atomic mass is 9.77. The topological polar surface area (TPSA) is 85.6 Å². The van der Waals surface area contributed by atoms with E-state index in [1.165, 1.54) is 11.0 Å². The minimum absolute atomic E-state index is 0.0970. The standard InChI is InChI=1S/C15H15F4N3O3/c1-13(7-23)6-22(10(21-13)2-3-16)12-11-9(24)4-8(5-20)14(12,25-11)15(17,18)19/h4,10,21,23H,2-3,6-7H2,1H3. The Morgan fingerprint density at radius 1 is 1.56 bits per heavy atom. The van der Waals surface area contributed by atoms with E-state index >= 15 is 0 Å². The molecule has 3 aliphatic rings. The van der Waals surface area contributed by atoms with Crippen LogP contribution in [0.1, 0.15) is 13.3 Å². The monoisotopic (exact) mass is 361 g/mol. The van der Waals surface area contributed by atoms with Crippen molar-refractivity contribution in [3.05, 3.63) is 23.1 Å². The van der Waals surface area contributed by atoms with E-state index in [0.717, 1.165) is 0 Å². The zero-order valence-corrected chi connectivity index (χ0v) is 13.2. The van der Waals surface area contributed by atoms with E-state index in [2.05, 4.69) is 5.32 Å². The fourth-order valence-electron chi connectivity index (χ4n) is 3.47. The van der Waals surface area contributed by atoms with E-state index in [1.807, 2.05) is 0 Å². The molecular weight excluding hydrogens is 346 g/mol. The summed E-state index contributed by atoms with van der Waals surface area (Å²) in [6.45, 7) is 0.263. The van der Waals surface area contributed by atoms with E-state index in [9.17, 15) is 27.5 Å². The van der Waals surface area contributed by atoms with E-state index in [1.54, 1.807) is 6.92 Å². The Morgan fingerprint density at radius 3 is 2.76 bits per heavy atom. The zero-order chi connectivity index (χ0) is 18.6. The number of halogens is 4. The van der Waals surface area contributed by atoms with Crippen molar-refractivity contribution >= 4 is 5.78 Å². The van der Waals surface area contributed by atoms with Gasteiger partial charge in [0.15, 0.2) is 5.76 Å². The highest BCUT2D eigenvalue weighted by molar-refractivity contribution is 6.08. The molecule has 3 unspecified atom stereocenters. The van der Waals surface area contributed by atoms with Crippen LogP contribution in [-0.4, -0.2) is 59.1 Å². The molecule has 10 heteroatoms. The Hall–Kier alpha value is -2.12. The lowest BCUT2D eigenvalue weighted by Gasteiger charge is -2.51. The molecule has 25 heavy (non-hydrogen) atoms. The summed E-state index contributed by atoms with van der Waals surface area (Å²) in [5, 5.41) is 21.5. The van der Waals surface area contributed by atoms with Gasteiger partial charge in [-0.2, -0.15) is 18.4 Å². The van der Waals surface area contributed by atoms with Crippen molar-refractivity contribution in [2.24, 2.45) is 0 Å². The second kappa shape index (κ2) is 5.44. The van der Waals surface area contributed by atoms with Gasteiger partial charge in [-0.3, -0.25) is 14.5 Å². The zero-order valence-electron chi connectivity index (χ0n) is 13.2. The maximum atomic E-state index is 13.8. The molecule has 0 spiro atoms. The van der Waals surface area contributed by atoms with Crippen molar-refractivity contribution in [1.82, 2.24) is 10.2 Å². The molecule has 2 N–H and O–H groups in total. The number of nitriles is 1. The summed E-state index contributed by atoms with van der Waals surface area (Å²) in [4.78, 5) is 13.2. The molecule has 0 aromatic heterocycles. The number of aliphatic hydroxyl groups excluding tert-OH is 1. The number of ketones is 1.